The van der Waals surface area contributed by atoms with E-state index in [0.29, 0.717) is 22.2 Å². The van der Waals surface area contributed by atoms with Crippen molar-refractivity contribution in [1.29, 1.82) is 0 Å². The van der Waals surface area contributed by atoms with E-state index in [0.717, 1.165) is 16.9 Å². The van der Waals surface area contributed by atoms with Crippen molar-refractivity contribution in [1.82, 2.24) is 9.38 Å². The van der Waals surface area contributed by atoms with E-state index in [2.05, 4.69) is 4.98 Å². The minimum absolute atomic E-state index is 0.0815. The van der Waals surface area contributed by atoms with Crippen LogP contribution in [0.15, 0.2) is 42.6 Å². The van der Waals surface area contributed by atoms with Crippen molar-refractivity contribution in [2.24, 2.45) is 0 Å². The quantitative estimate of drug-likeness (QED) is 0.800. The molecule has 0 aliphatic carbocycles. The zero-order valence-corrected chi connectivity index (χ0v) is 12.1. The average Bonchev–Trinajstić information content (AvgIpc) is 2.80. The predicted molar refractivity (Wildman–Crippen MR) is 80.4 cm³/mol. The van der Waals surface area contributed by atoms with Crippen LogP contribution in [0.5, 0.6) is 0 Å². The second-order valence-corrected chi connectivity index (χ2v) is 5.34. The van der Waals surface area contributed by atoms with Crippen molar-refractivity contribution >= 4 is 28.7 Å². The highest BCUT2D eigenvalue weighted by Gasteiger charge is 2.11. The van der Waals surface area contributed by atoms with E-state index >= 15 is 0 Å². The van der Waals surface area contributed by atoms with Gasteiger partial charge in [-0.2, -0.15) is 0 Å². The first kappa shape index (κ1) is 13.4. The number of hydrogen-bond acceptors (Lipinski definition) is 2. The summed E-state index contributed by atoms with van der Waals surface area (Å²) in [5.41, 5.74) is 2.54. The number of rotatable bonds is 3. The molecule has 0 saturated heterocycles. The summed E-state index contributed by atoms with van der Waals surface area (Å²) in [7, 11) is 0. The van der Waals surface area contributed by atoms with Crippen LogP contribution in [0.3, 0.4) is 0 Å². The number of nitrogens with zero attached hydrogens (tertiary/aromatic N) is 2. The fourth-order valence-electron chi connectivity index (χ4n) is 2.25. The highest BCUT2D eigenvalue weighted by molar-refractivity contribution is 6.35. The Balaban J connectivity index is 2.06. The molecule has 0 atom stereocenters. The first-order valence-corrected chi connectivity index (χ1v) is 6.94. The Morgan fingerprint density at radius 3 is 2.75 bits per heavy atom. The largest absolute Gasteiger partial charge is 0.390 e. The Hall–Kier alpha value is -1.55. The fourth-order valence-corrected chi connectivity index (χ4v) is 2.72. The van der Waals surface area contributed by atoms with E-state index in [1.54, 1.807) is 6.07 Å². The molecule has 5 heteroatoms. The van der Waals surface area contributed by atoms with E-state index in [1.165, 1.54) is 0 Å². The van der Waals surface area contributed by atoms with E-state index < -0.39 is 0 Å². The number of imidazole rings is 1. The smallest absolute Gasteiger partial charge is 0.118 e. The standard InChI is InChI=1S/C15H12Cl2N2O/c16-11-5-4-10(12(17)8-11)7-15-18-13(9-20)14-3-1-2-6-19(14)15/h1-6,8,20H,7,9H2. The third kappa shape index (κ3) is 2.40. The summed E-state index contributed by atoms with van der Waals surface area (Å²) in [6, 6.07) is 11.2. The van der Waals surface area contributed by atoms with Crippen LogP contribution < -0.4 is 0 Å². The van der Waals surface area contributed by atoms with E-state index in [4.69, 9.17) is 23.2 Å². The van der Waals surface area contributed by atoms with Crippen LogP contribution in [0.2, 0.25) is 10.0 Å². The number of benzene rings is 1. The van der Waals surface area contributed by atoms with E-state index in [-0.39, 0.29) is 6.61 Å². The van der Waals surface area contributed by atoms with Crippen LogP contribution in [-0.2, 0) is 13.0 Å². The molecule has 0 fully saturated rings. The number of halogens is 2. The Kier molecular flexibility index (Phi) is 3.66. The van der Waals surface area contributed by atoms with Crippen molar-refractivity contribution < 1.29 is 5.11 Å². The Labute approximate surface area is 126 Å². The third-order valence-electron chi connectivity index (χ3n) is 3.21. The molecule has 0 unspecified atom stereocenters. The molecule has 3 aromatic rings. The molecule has 0 aliphatic rings. The van der Waals surface area contributed by atoms with Crippen LogP contribution in [0.25, 0.3) is 5.52 Å². The predicted octanol–water partition coefficient (Wildman–Crippen LogP) is 3.72. The summed E-state index contributed by atoms with van der Waals surface area (Å²) in [6.07, 6.45) is 2.52. The molecule has 0 aliphatic heterocycles. The molecule has 2 aromatic heterocycles. The molecule has 1 aromatic carbocycles. The maximum absolute atomic E-state index is 9.39. The molecule has 20 heavy (non-hydrogen) atoms. The Morgan fingerprint density at radius 1 is 1.15 bits per heavy atom. The summed E-state index contributed by atoms with van der Waals surface area (Å²) in [5, 5.41) is 10.6. The van der Waals surface area contributed by atoms with Crippen LogP contribution in [0.1, 0.15) is 17.1 Å². The zero-order valence-electron chi connectivity index (χ0n) is 10.6. The molecule has 0 bridgehead atoms. The average molecular weight is 307 g/mol. The number of aliphatic hydroxyl groups excluding tert-OH is 1. The van der Waals surface area contributed by atoms with E-state index in [1.807, 2.05) is 40.9 Å². The molecule has 2 heterocycles. The summed E-state index contributed by atoms with van der Waals surface area (Å²) >= 11 is 12.1. The molecule has 0 saturated carbocycles. The second-order valence-electron chi connectivity index (χ2n) is 4.50. The first-order chi connectivity index (χ1) is 9.69. The number of fused-ring (bicyclic) bond motifs is 1. The molecule has 0 radical (unpaired) electrons. The minimum Gasteiger partial charge on any atom is -0.390 e. The lowest BCUT2D eigenvalue weighted by molar-refractivity contribution is 0.279. The summed E-state index contributed by atoms with van der Waals surface area (Å²) < 4.78 is 1.97. The van der Waals surface area contributed by atoms with Crippen LogP contribution in [-0.4, -0.2) is 14.5 Å². The van der Waals surface area contributed by atoms with Gasteiger partial charge in [0.2, 0.25) is 0 Å². The van der Waals surface area contributed by atoms with Crippen LogP contribution in [0.4, 0.5) is 0 Å². The van der Waals surface area contributed by atoms with Gasteiger partial charge in [-0.3, -0.25) is 0 Å². The SMILES string of the molecule is OCc1nc(Cc2ccc(Cl)cc2Cl)n2ccccc12. The summed E-state index contributed by atoms with van der Waals surface area (Å²) in [4.78, 5) is 4.49. The Morgan fingerprint density at radius 2 is 2.00 bits per heavy atom. The number of pyridine rings is 1. The molecule has 0 amide bonds. The topological polar surface area (TPSA) is 37.5 Å². The molecule has 1 N–H and O–H groups in total. The van der Waals surface area contributed by atoms with Gasteiger partial charge in [0, 0.05) is 22.7 Å². The van der Waals surface area contributed by atoms with Gasteiger partial charge < -0.3 is 9.51 Å². The second kappa shape index (κ2) is 5.44. The first-order valence-electron chi connectivity index (χ1n) is 6.18. The molecule has 0 spiro atoms. The van der Waals surface area contributed by atoms with Gasteiger partial charge in [-0.15, -0.1) is 0 Å². The van der Waals surface area contributed by atoms with Gasteiger partial charge in [0.05, 0.1) is 17.8 Å². The number of aliphatic hydroxyl groups is 1. The van der Waals surface area contributed by atoms with Crippen LogP contribution >= 0.6 is 23.2 Å². The number of aromatic nitrogens is 2. The lowest BCUT2D eigenvalue weighted by atomic mass is 10.1. The molecule has 3 rings (SSSR count). The fraction of sp³-hybridized carbons (Fsp3) is 0.133. The van der Waals surface area contributed by atoms with Gasteiger partial charge in [0.15, 0.2) is 0 Å². The van der Waals surface area contributed by atoms with Gasteiger partial charge in [0.25, 0.3) is 0 Å². The van der Waals surface area contributed by atoms with Crippen molar-refractivity contribution in [3.05, 3.63) is 69.7 Å². The molecule has 3 nitrogen and oxygen atoms in total. The van der Waals surface area contributed by atoms with Crippen molar-refractivity contribution in [2.45, 2.75) is 13.0 Å². The highest BCUT2D eigenvalue weighted by Crippen LogP contribution is 2.24. The molecular weight excluding hydrogens is 295 g/mol. The molecule has 102 valence electrons. The lowest BCUT2D eigenvalue weighted by Gasteiger charge is -2.04. The summed E-state index contributed by atoms with van der Waals surface area (Å²) in [5.74, 6) is 0.842. The molecular formula is C15H12Cl2N2O. The van der Waals surface area contributed by atoms with Gasteiger partial charge in [-0.25, -0.2) is 4.98 Å². The highest BCUT2D eigenvalue weighted by atomic mass is 35.5. The summed E-state index contributed by atoms with van der Waals surface area (Å²) in [6.45, 7) is -0.0815. The van der Waals surface area contributed by atoms with Crippen molar-refractivity contribution in [3.63, 3.8) is 0 Å². The van der Waals surface area contributed by atoms with Gasteiger partial charge >= 0.3 is 0 Å². The number of hydrogen-bond donors (Lipinski definition) is 1. The van der Waals surface area contributed by atoms with Gasteiger partial charge in [0.1, 0.15) is 5.82 Å². The Bertz CT molecular complexity index is 768. The zero-order chi connectivity index (χ0) is 14.1. The van der Waals surface area contributed by atoms with Crippen LogP contribution in [0, 0.1) is 0 Å². The van der Waals surface area contributed by atoms with E-state index in [9.17, 15) is 5.11 Å². The maximum Gasteiger partial charge on any atom is 0.118 e. The normalized spacial score (nSPS) is 11.2. The third-order valence-corrected chi connectivity index (χ3v) is 3.80. The van der Waals surface area contributed by atoms with Crippen molar-refractivity contribution in [3.8, 4) is 0 Å². The monoisotopic (exact) mass is 306 g/mol. The van der Waals surface area contributed by atoms with Gasteiger partial charge in [-0.1, -0.05) is 35.3 Å². The lowest BCUT2D eigenvalue weighted by Crippen LogP contribution is -1.96. The van der Waals surface area contributed by atoms with Crippen molar-refractivity contribution in [2.75, 3.05) is 0 Å². The maximum atomic E-state index is 9.39. The minimum atomic E-state index is -0.0815. The van der Waals surface area contributed by atoms with Gasteiger partial charge in [-0.05, 0) is 29.8 Å².